The molecule has 3 aromatic rings. The van der Waals surface area contributed by atoms with E-state index in [2.05, 4.69) is 22.2 Å². The molecule has 3 N–H and O–H groups in total. The quantitative estimate of drug-likeness (QED) is 0.685. The number of carboxylic acid groups (broad SMARTS) is 1. The molecule has 1 fully saturated rings. The zero-order valence-corrected chi connectivity index (χ0v) is 16.7. The van der Waals surface area contributed by atoms with Crippen LogP contribution in [-0.4, -0.2) is 37.8 Å². The normalized spacial score (nSPS) is 20.8. The monoisotopic (exact) mass is 405 g/mol. The number of hydrogen-bond donors (Lipinski definition) is 2. The highest BCUT2D eigenvalue weighted by Gasteiger charge is 2.32. The summed E-state index contributed by atoms with van der Waals surface area (Å²) in [4.78, 5) is 20.5. The Labute approximate surface area is 173 Å². The minimum absolute atomic E-state index is 0.148. The van der Waals surface area contributed by atoms with Gasteiger partial charge < -0.3 is 15.6 Å². The molecule has 0 bridgehead atoms. The fourth-order valence-corrected chi connectivity index (χ4v) is 4.74. The van der Waals surface area contributed by atoms with Crippen LogP contribution in [0.5, 0.6) is 5.75 Å². The van der Waals surface area contributed by atoms with Crippen molar-refractivity contribution in [2.24, 2.45) is 5.92 Å². The number of nitrogen functional groups attached to an aromatic ring is 1. The van der Waals surface area contributed by atoms with Crippen molar-refractivity contribution >= 4 is 29.0 Å². The summed E-state index contributed by atoms with van der Waals surface area (Å²) in [5, 5.41) is 13.7. The van der Waals surface area contributed by atoms with Crippen molar-refractivity contribution in [2.75, 3.05) is 12.8 Å². The third-order valence-corrected chi connectivity index (χ3v) is 6.32. The second kappa shape index (κ2) is 7.12. The minimum atomic E-state index is -0.712. The molecule has 30 heavy (non-hydrogen) atoms. The predicted molar refractivity (Wildman–Crippen MR) is 112 cm³/mol. The first-order valence-electron chi connectivity index (χ1n) is 10.2. The van der Waals surface area contributed by atoms with Crippen molar-refractivity contribution in [3.63, 3.8) is 0 Å². The van der Waals surface area contributed by atoms with Gasteiger partial charge in [-0.05, 0) is 49.0 Å². The summed E-state index contributed by atoms with van der Waals surface area (Å²) in [6, 6.07) is 6.01. The van der Waals surface area contributed by atoms with Crippen LogP contribution in [0.2, 0.25) is 0 Å². The topological polar surface area (TPSA) is 116 Å². The molecule has 2 aromatic heterocycles. The number of anilines is 1. The van der Waals surface area contributed by atoms with Gasteiger partial charge in [-0.3, -0.25) is 4.79 Å². The average Bonchev–Trinajstić information content (AvgIpc) is 3.36. The predicted octanol–water partition coefficient (Wildman–Crippen LogP) is 3.17. The van der Waals surface area contributed by atoms with Crippen molar-refractivity contribution in [1.82, 2.24) is 19.6 Å². The number of carbonyl (C=O) groups is 1. The third-order valence-electron chi connectivity index (χ3n) is 6.32. The van der Waals surface area contributed by atoms with Crippen LogP contribution in [0.3, 0.4) is 0 Å². The number of rotatable bonds is 4. The van der Waals surface area contributed by atoms with Crippen LogP contribution in [-0.2, 0) is 11.2 Å². The second-order valence-electron chi connectivity index (χ2n) is 7.99. The molecule has 0 saturated heterocycles. The molecule has 1 saturated carbocycles. The Morgan fingerprint density at radius 3 is 2.80 bits per heavy atom. The van der Waals surface area contributed by atoms with E-state index < -0.39 is 5.97 Å². The molecule has 0 aliphatic heterocycles. The fourth-order valence-electron chi connectivity index (χ4n) is 4.74. The average molecular weight is 405 g/mol. The maximum absolute atomic E-state index is 11.3. The summed E-state index contributed by atoms with van der Waals surface area (Å²) in [6.45, 7) is 0. The molecule has 0 atom stereocenters. The van der Waals surface area contributed by atoms with Crippen LogP contribution < -0.4 is 10.5 Å². The Kier molecular flexibility index (Phi) is 4.42. The Morgan fingerprint density at radius 1 is 1.27 bits per heavy atom. The summed E-state index contributed by atoms with van der Waals surface area (Å²) in [5.74, 6) is 1.25. The fraction of sp³-hybridized carbons (Fsp3) is 0.364. The molecule has 0 spiro atoms. The van der Waals surface area contributed by atoms with E-state index in [1.807, 2.05) is 12.1 Å². The molecule has 0 amide bonds. The van der Waals surface area contributed by atoms with Gasteiger partial charge in [-0.25, -0.2) is 14.5 Å². The van der Waals surface area contributed by atoms with E-state index in [1.54, 1.807) is 11.6 Å². The number of fused-ring (bicyclic) bond motifs is 2. The molecular weight excluding hydrogens is 382 g/mol. The second-order valence-corrected chi connectivity index (χ2v) is 7.99. The van der Waals surface area contributed by atoms with Gasteiger partial charge in [0.05, 0.1) is 18.7 Å². The van der Waals surface area contributed by atoms with Gasteiger partial charge in [0.15, 0.2) is 5.82 Å². The van der Waals surface area contributed by atoms with E-state index in [9.17, 15) is 9.90 Å². The van der Waals surface area contributed by atoms with Crippen LogP contribution in [0, 0.1) is 5.92 Å². The van der Waals surface area contributed by atoms with Gasteiger partial charge in [0.25, 0.3) is 0 Å². The largest absolute Gasteiger partial charge is 0.496 e. The number of methoxy groups -OCH3 is 1. The van der Waals surface area contributed by atoms with Gasteiger partial charge in [-0.2, -0.15) is 5.10 Å². The van der Waals surface area contributed by atoms with Crippen molar-refractivity contribution in [3.8, 4) is 5.75 Å². The number of imidazole rings is 1. The number of benzene rings is 1. The van der Waals surface area contributed by atoms with E-state index in [0.717, 1.165) is 46.8 Å². The molecule has 5 rings (SSSR count). The van der Waals surface area contributed by atoms with Crippen molar-refractivity contribution in [2.45, 2.75) is 38.0 Å². The van der Waals surface area contributed by atoms with Crippen molar-refractivity contribution in [1.29, 1.82) is 0 Å². The van der Waals surface area contributed by atoms with Gasteiger partial charge in [-0.15, -0.1) is 0 Å². The van der Waals surface area contributed by atoms with Crippen LogP contribution in [0.15, 0.2) is 24.5 Å². The number of nitrogens with zero attached hydrogens (tertiary/aromatic N) is 4. The molecule has 0 radical (unpaired) electrons. The SMILES string of the molecule is COc1cccc2c1CC(c1nc(C3CCC(C(=O)O)CC3)n3ncnc(N)c13)=C2. The first-order chi connectivity index (χ1) is 14.6. The lowest BCUT2D eigenvalue weighted by Gasteiger charge is -2.24. The highest BCUT2D eigenvalue weighted by atomic mass is 16.5. The van der Waals surface area contributed by atoms with Crippen LogP contribution >= 0.6 is 0 Å². The standard InChI is InChI=1S/C22H23N5O3/c1-30-17-4-2-3-14-9-15(10-16(14)17)18-19-20(23)24-11-25-27(19)21(26-18)12-5-7-13(8-6-12)22(28)29/h2-4,9,11-13H,5-8,10H2,1H3,(H,28,29)(H2,23,24,25). The molecule has 0 unspecified atom stereocenters. The van der Waals surface area contributed by atoms with Crippen LogP contribution in [0.4, 0.5) is 5.82 Å². The van der Waals surface area contributed by atoms with Crippen LogP contribution in [0.1, 0.15) is 54.2 Å². The number of ether oxygens (including phenoxy) is 1. The van der Waals surface area contributed by atoms with Crippen molar-refractivity contribution in [3.05, 3.63) is 47.2 Å². The zero-order valence-electron chi connectivity index (χ0n) is 16.7. The van der Waals surface area contributed by atoms with Gasteiger partial charge in [0.1, 0.15) is 23.4 Å². The van der Waals surface area contributed by atoms with Gasteiger partial charge in [0, 0.05) is 17.9 Å². The highest BCUT2D eigenvalue weighted by Crippen LogP contribution is 2.41. The number of allylic oxidation sites excluding steroid dienone is 1. The van der Waals surface area contributed by atoms with Gasteiger partial charge >= 0.3 is 5.97 Å². The number of aromatic nitrogens is 4. The third kappa shape index (κ3) is 2.91. The molecule has 1 aromatic carbocycles. The smallest absolute Gasteiger partial charge is 0.306 e. The van der Waals surface area contributed by atoms with E-state index in [-0.39, 0.29) is 11.8 Å². The minimum Gasteiger partial charge on any atom is -0.496 e. The molecule has 2 heterocycles. The van der Waals surface area contributed by atoms with Crippen LogP contribution in [0.25, 0.3) is 17.2 Å². The van der Waals surface area contributed by atoms with E-state index in [1.165, 1.54) is 6.33 Å². The Morgan fingerprint density at radius 2 is 2.07 bits per heavy atom. The molecule has 8 heteroatoms. The zero-order chi connectivity index (χ0) is 20.8. The van der Waals surface area contributed by atoms with E-state index >= 15 is 0 Å². The summed E-state index contributed by atoms with van der Waals surface area (Å²) < 4.78 is 7.32. The van der Waals surface area contributed by atoms with Crippen molar-refractivity contribution < 1.29 is 14.6 Å². The number of nitrogens with two attached hydrogens (primary N) is 1. The maximum Gasteiger partial charge on any atom is 0.306 e. The first-order valence-corrected chi connectivity index (χ1v) is 10.2. The summed E-state index contributed by atoms with van der Waals surface area (Å²) in [5.41, 5.74) is 11.1. The van der Waals surface area contributed by atoms with Gasteiger partial charge in [-0.1, -0.05) is 12.1 Å². The molecule has 154 valence electrons. The lowest BCUT2D eigenvalue weighted by Crippen LogP contribution is -2.21. The first kappa shape index (κ1) is 18.6. The molecule has 2 aliphatic carbocycles. The summed E-state index contributed by atoms with van der Waals surface area (Å²) >= 11 is 0. The number of hydrogen-bond acceptors (Lipinski definition) is 6. The lowest BCUT2D eigenvalue weighted by molar-refractivity contribution is -0.142. The summed E-state index contributed by atoms with van der Waals surface area (Å²) in [7, 11) is 1.68. The molecular formula is C22H23N5O3. The Balaban J connectivity index is 1.56. The number of carboxylic acids is 1. The number of aliphatic carboxylic acids is 1. The maximum atomic E-state index is 11.3. The lowest BCUT2D eigenvalue weighted by atomic mass is 9.82. The highest BCUT2D eigenvalue weighted by molar-refractivity contribution is 5.95. The van der Waals surface area contributed by atoms with E-state index in [0.29, 0.717) is 30.6 Å². The molecule has 8 nitrogen and oxygen atoms in total. The van der Waals surface area contributed by atoms with E-state index in [4.69, 9.17) is 15.5 Å². The molecule has 2 aliphatic rings. The Bertz CT molecular complexity index is 1170. The van der Waals surface area contributed by atoms with Gasteiger partial charge in [0.2, 0.25) is 0 Å². The summed E-state index contributed by atoms with van der Waals surface area (Å²) in [6.07, 6.45) is 7.11. The Hall–Kier alpha value is -3.42.